The summed E-state index contributed by atoms with van der Waals surface area (Å²) < 4.78 is 6.44. The summed E-state index contributed by atoms with van der Waals surface area (Å²) in [4.78, 5) is 25.2. The molecule has 2 rings (SSSR count). The lowest BCUT2D eigenvalue weighted by Gasteiger charge is -2.23. The van der Waals surface area contributed by atoms with Crippen molar-refractivity contribution >= 4 is 27.8 Å². The van der Waals surface area contributed by atoms with E-state index in [2.05, 4.69) is 15.9 Å². The number of carbonyl (C=O) groups excluding carboxylic acids is 1. The normalized spacial score (nSPS) is 22.9. The fourth-order valence-electron chi connectivity index (χ4n) is 2.36. The Balaban J connectivity index is 2.01. The Morgan fingerprint density at radius 1 is 1.43 bits per heavy atom. The number of benzene rings is 1. The highest BCUT2D eigenvalue weighted by atomic mass is 79.9. The van der Waals surface area contributed by atoms with Crippen molar-refractivity contribution in [2.75, 3.05) is 13.1 Å². The maximum Gasteiger partial charge on any atom is 0.311 e. The molecule has 1 saturated heterocycles. The van der Waals surface area contributed by atoms with Crippen molar-refractivity contribution in [1.82, 2.24) is 4.90 Å². The van der Waals surface area contributed by atoms with Gasteiger partial charge < -0.3 is 14.7 Å². The summed E-state index contributed by atoms with van der Waals surface area (Å²) in [6.45, 7) is 4.02. The Kier molecular flexibility index (Phi) is 4.56. The number of carbonyl (C=O) groups is 2. The van der Waals surface area contributed by atoms with Gasteiger partial charge in [-0.2, -0.15) is 0 Å². The molecule has 0 unspecified atom stereocenters. The van der Waals surface area contributed by atoms with Crippen LogP contribution in [0.4, 0.5) is 0 Å². The number of nitrogens with zero attached hydrogens (tertiary/aromatic N) is 1. The molecule has 1 aromatic rings. The first-order valence-electron chi connectivity index (χ1n) is 6.77. The minimum atomic E-state index is -0.864. The number of aliphatic carboxylic acids is 1. The molecule has 1 aliphatic heterocycles. The summed E-state index contributed by atoms with van der Waals surface area (Å²) >= 11 is 3.37. The molecule has 1 N–H and O–H groups in total. The molecule has 0 aliphatic carbocycles. The number of hydrogen-bond acceptors (Lipinski definition) is 3. The van der Waals surface area contributed by atoms with Gasteiger partial charge >= 0.3 is 5.97 Å². The number of para-hydroxylation sites is 1. The van der Waals surface area contributed by atoms with E-state index < -0.39 is 17.5 Å². The van der Waals surface area contributed by atoms with Gasteiger partial charge in [0.15, 0.2) is 6.10 Å². The Morgan fingerprint density at radius 3 is 2.67 bits per heavy atom. The molecule has 0 spiro atoms. The third kappa shape index (κ3) is 3.37. The molecule has 6 heteroatoms. The van der Waals surface area contributed by atoms with Crippen molar-refractivity contribution in [1.29, 1.82) is 0 Å². The second-order valence-electron chi connectivity index (χ2n) is 5.57. The topological polar surface area (TPSA) is 66.8 Å². The standard InChI is InChI=1S/C15H18BrNO4/c1-10(21-12-6-4-3-5-11(12)16)13(18)17-8-7-15(2,9-17)14(19)20/h3-6,10H,7-9H2,1-2H3,(H,19,20)/t10-,15+/m0/s1. The van der Waals surface area contributed by atoms with Crippen LogP contribution in [0.2, 0.25) is 0 Å². The lowest BCUT2D eigenvalue weighted by atomic mass is 9.90. The monoisotopic (exact) mass is 355 g/mol. The molecule has 1 aliphatic rings. The molecular formula is C15H18BrNO4. The predicted molar refractivity (Wildman–Crippen MR) is 81.2 cm³/mol. The van der Waals surface area contributed by atoms with Gasteiger partial charge in [-0.05, 0) is 48.3 Å². The van der Waals surface area contributed by atoms with Crippen LogP contribution in [0.3, 0.4) is 0 Å². The molecule has 5 nitrogen and oxygen atoms in total. The van der Waals surface area contributed by atoms with Crippen LogP contribution in [0.5, 0.6) is 5.75 Å². The smallest absolute Gasteiger partial charge is 0.311 e. The van der Waals surface area contributed by atoms with Crippen molar-refractivity contribution < 1.29 is 19.4 Å². The van der Waals surface area contributed by atoms with E-state index in [9.17, 15) is 14.7 Å². The van der Waals surface area contributed by atoms with Gasteiger partial charge in [0.25, 0.3) is 5.91 Å². The first kappa shape index (κ1) is 15.8. The number of ether oxygens (including phenoxy) is 1. The third-order valence-corrected chi connectivity index (χ3v) is 4.44. The summed E-state index contributed by atoms with van der Waals surface area (Å²) in [5, 5.41) is 9.21. The quantitative estimate of drug-likeness (QED) is 0.900. The number of carboxylic acids is 1. The zero-order chi connectivity index (χ0) is 15.6. The minimum absolute atomic E-state index is 0.185. The van der Waals surface area contributed by atoms with Crippen molar-refractivity contribution in [2.45, 2.75) is 26.4 Å². The van der Waals surface area contributed by atoms with E-state index in [-0.39, 0.29) is 12.5 Å². The number of hydrogen-bond donors (Lipinski definition) is 1. The highest BCUT2D eigenvalue weighted by Gasteiger charge is 2.43. The number of amides is 1. The Morgan fingerprint density at radius 2 is 2.10 bits per heavy atom. The second-order valence-corrected chi connectivity index (χ2v) is 6.42. The number of rotatable bonds is 4. The van der Waals surface area contributed by atoms with E-state index in [0.29, 0.717) is 18.7 Å². The Hall–Kier alpha value is -1.56. The second kappa shape index (κ2) is 6.05. The van der Waals surface area contributed by atoms with E-state index in [1.165, 1.54) is 0 Å². The van der Waals surface area contributed by atoms with Gasteiger partial charge in [0.05, 0.1) is 9.89 Å². The van der Waals surface area contributed by atoms with E-state index in [1.54, 1.807) is 24.8 Å². The van der Waals surface area contributed by atoms with Gasteiger partial charge in [-0.3, -0.25) is 9.59 Å². The number of likely N-dealkylation sites (tertiary alicyclic amines) is 1. The van der Waals surface area contributed by atoms with Crippen molar-refractivity contribution in [3.8, 4) is 5.75 Å². The SMILES string of the molecule is C[C@H](Oc1ccccc1Br)C(=O)N1CC[C@@](C)(C(=O)O)C1. The van der Waals surface area contributed by atoms with Crippen molar-refractivity contribution in [3.05, 3.63) is 28.7 Å². The molecule has 0 radical (unpaired) electrons. The number of carboxylic acid groups (broad SMARTS) is 1. The van der Waals surface area contributed by atoms with E-state index in [0.717, 1.165) is 4.47 Å². The molecule has 1 fully saturated rings. The van der Waals surface area contributed by atoms with Crippen molar-refractivity contribution in [3.63, 3.8) is 0 Å². The fraction of sp³-hybridized carbons (Fsp3) is 0.467. The van der Waals surface area contributed by atoms with Crippen LogP contribution in [0.25, 0.3) is 0 Å². The largest absolute Gasteiger partial charge is 0.481 e. The highest BCUT2D eigenvalue weighted by molar-refractivity contribution is 9.10. The van der Waals surface area contributed by atoms with Crippen molar-refractivity contribution in [2.24, 2.45) is 5.41 Å². The average molecular weight is 356 g/mol. The molecular weight excluding hydrogens is 338 g/mol. The van der Waals surface area contributed by atoms with Crippen LogP contribution in [0.15, 0.2) is 28.7 Å². The summed E-state index contributed by atoms with van der Waals surface area (Å²) in [5.74, 6) is -0.452. The fourth-order valence-corrected chi connectivity index (χ4v) is 2.74. The molecule has 2 atom stereocenters. The maximum absolute atomic E-state index is 12.4. The van der Waals surface area contributed by atoms with Crippen LogP contribution < -0.4 is 4.74 Å². The highest BCUT2D eigenvalue weighted by Crippen LogP contribution is 2.31. The molecule has 114 valence electrons. The number of halogens is 1. The summed E-state index contributed by atoms with van der Waals surface area (Å²) in [6.07, 6.45) is -0.185. The van der Waals surface area contributed by atoms with Gasteiger partial charge in [0.2, 0.25) is 0 Å². The zero-order valence-electron chi connectivity index (χ0n) is 12.0. The van der Waals surface area contributed by atoms with E-state index >= 15 is 0 Å². The van der Waals surface area contributed by atoms with Crippen LogP contribution >= 0.6 is 15.9 Å². The first-order valence-corrected chi connectivity index (χ1v) is 7.56. The van der Waals surface area contributed by atoms with Gasteiger partial charge in [-0.15, -0.1) is 0 Å². The lowest BCUT2D eigenvalue weighted by molar-refractivity contribution is -0.147. The predicted octanol–water partition coefficient (Wildman–Crippen LogP) is 2.54. The van der Waals surface area contributed by atoms with Crippen LogP contribution in [0, 0.1) is 5.41 Å². The zero-order valence-corrected chi connectivity index (χ0v) is 13.6. The average Bonchev–Trinajstić information content (AvgIpc) is 2.84. The molecule has 1 amide bonds. The van der Waals surface area contributed by atoms with E-state index in [4.69, 9.17) is 4.74 Å². The summed E-state index contributed by atoms with van der Waals surface area (Å²) in [7, 11) is 0. The van der Waals surface area contributed by atoms with Crippen LogP contribution in [-0.4, -0.2) is 41.1 Å². The molecule has 0 aromatic heterocycles. The molecule has 0 saturated carbocycles. The Labute approximate surface area is 132 Å². The maximum atomic E-state index is 12.4. The summed E-state index contributed by atoms with van der Waals surface area (Å²) in [6, 6.07) is 7.31. The van der Waals surface area contributed by atoms with Gasteiger partial charge in [0, 0.05) is 13.1 Å². The minimum Gasteiger partial charge on any atom is -0.481 e. The summed E-state index contributed by atoms with van der Waals surface area (Å²) in [5.41, 5.74) is -0.858. The first-order chi connectivity index (χ1) is 9.83. The molecule has 1 heterocycles. The van der Waals surface area contributed by atoms with E-state index in [1.807, 2.05) is 18.2 Å². The van der Waals surface area contributed by atoms with Gasteiger partial charge in [0.1, 0.15) is 5.75 Å². The Bertz CT molecular complexity index is 562. The third-order valence-electron chi connectivity index (χ3n) is 3.79. The van der Waals surface area contributed by atoms with Gasteiger partial charge in [-0.25, -0.2) is 0 Å². The molecule has 1 aromatic carbocycles. The van der Waals surface area contributed by atoms with Crippen LogP contribution in [-0.2, 0) is 9.59 Å². The van der Waals surface area contributed by atoms with Crippen LogP contribution in [0.1, 0.15) is 20.3 Å². The lowest BCUT2D eigenvalue weighted by Crippen LogP contribution is -2.41. The van der Waals surface area contributed by atoms with Gasteiger partial charge in [-0.1, -0.05) is 12.1 Å². The molecule has 21 heavy (non-hydrogen) atoms. The molecule has 0 bridgehead atoms.